The second-order valence-corrected chi connectivity index (χ2v) is 7.09. The third-order valence-corrected chi connectivity index (χ3v) is 4.92. The van der Waals surface area contributed by atoms with E-state index >= 15 is 0 Å². The lowest BCUT2D eigenvalue weighted by Crippen LogP contribution is -2.14. The van der Waals surface area contributed by atoms with Crippen LogP contribution >= 0.6 is 11.6 Å². The van der Waals surface area contributed by atoms with Gasteiger partial charge in [-0.05, 0) is 54.6 Å². The zero-order valence-electron chi connectivity index (χ0n) is 12.4. The molecule has 0 aliphatic carbocycles. The minimum absolute atomic E-state index is 0.0167. The Morgan fingerprint density at radius 2 is 1.54 bits per heavy atom. The molecular formula is C17H13ClN2O3S. The zero-order chi connectivity index (χ0) is 17.3. The summed E-state index contributed by atoms with van der Waals surface area (Å²) in [4.78, 5) is 12.3. The second-order valence-electron chi connectivity index (χ2n) is 5.16. The normalized spacial score (nSPS) is 11.4. The van der Waals surface area contributed by atoms with Crippen molar-refractivity contribution in [1.29, 1.82) is 0 Å². The largest absolute Gasteiger partial charge is 0.324 e. The Morgan fingerprint density at radius 3 is 2.12 bits per heavy atom. The molecule has 0 bridgehead atoms. The molecule has 7 heteroatoms. The van der Waals surface area contributed by atoms with E-state index in [0.29, 0.717) is 5.56 Å². The molecule has 0 radical (unpaired) electrons. The molecule has 3 aromatic rings. The van der Waals surface area contributed by atoms with Gasteiger partial charge in [-0.3, -0.25) is 4.79 Å². The Balaban J connectivity index is 1.95. The number of rotatable bonds is 4. The lowest BCUT2D eigenvalue weighted by atomic mass is 10.0. The first-order valence-electron chi connectivity index (χ1n) is 6.97. The first kappa shape index (κ1) is 16.4. The Labute approximate surface area is 144 Å². The summed E-state index contributed by atoms with van der Waals surface area (Å²) in [6.45, 7) is 0. The van der Waals surface area contributed by atoms with Crippen molar-refractivity contribution in [2.24, 2.45) is 5.14 Å². The van der Waals surface area contributed by atoms with Gasteiger partial charge in [0.05, 0.1) is 5.02 Å². The molecule has 0 aliphatic heterocycles. The van der Waals surface area contributed by atoms with Crippen LogP contribution in [0.4, 0.5) is 0 Å². The van der Waals surface area contributed by atoms with Crippen molar-refractivity contribution in [3.05, 3.63) is 83.1 Å². The van der Waals surface area contributed by atoms with E-state index < -0.39 is 10.0 Å². The fourth-order valence-electron chi connectivity index (χ4n) is 2.32. The summed E-state index contributed by atoms with van der Waals surface area (Å²) in [5.41, 5.74) is 1.56. The Morgan fingerprint density at radius 1 is 0.958 bits per heavy atom. The highest BCUT2D eigenvalue weighted by molar-refractivity contribution is 7.89. The van der Waals surface area contributed by atoms with Gasteiger partial charge in [0.1, 0.15) is 4.90 Å². The van der Waals surface area contributed by atoms with Crippen LogP contribution in [0.2, 0.25) is 5.02 Å². The molecule has 0 amide bonds. The van der Waals surface area contributed by atoms with Crippen LogP contribution in [0.25, 0.3) is 5.69 Å². The molecule has 5 nitrogen and oxygen atoms in total. The van der Waals surface area contributed by atoms with Crippen molar-refractivity contribution in [2.45, 2.75) is 4.90 Å². The molecule has 1 heterocycles. The summed E-state index contributed by atoms with van der Waals surface area (Å²) in [7, 11) is -4.00. The number of nitrogens with two attached hydrogens (primary N) is 1. The van der Waals surface area contributed by atoms with Crippen LogP contribution in [0.5, 0.6) is 0 Å². The highest BCUT2D eigenvalue weighted by atomic mass is 35.5. The van der Waals surface area contributed by atoms with Crippen molar-refractivity contribution in [1.82, 2.24) is 4.57 Å². The van der Waals surface area contributed by atoms with Crippen molar-refractivity contribution in [2.75, 3.05) is 0 Å². The average molecular weight is 361 g/mol. The minimum Gasteiger partial charge on any atom is -0.324 e. The maximum Gasteiger partial charge on any atom is 0.239 e. The lowest BCUT2D eigenvalue weighted by Gasteiger charge is -2.07. The van der Waals surface area contributed by atoms with Crippen molar-refractivity contribution in [3.8, 4) is 5.69 Å². The number of carbonyl (C=O) groups excluding carboxylic acids is 1. The number of sulfonamides is 1. The summed E-state index contributed by atoms with van der Waals surface area (Å²) in [5, 5.41) is 5.10. The van der Waals surface area contributed by atoms with Gasteiger partial charge in [-0.1, -0.05) is 11.6 Å². The molecular weight excluding hydrogens is 348 g/mol. The molecule has 3 rings (SSSR count). The summed E-state index contributed by atoms with van der Waals surface area (Å²) in [5.74, 6) is -0.310. The monoisotopic (exact) mass is 360 g/mol. The van der Waals surface area contributed by atoms with Crippen molar-refractivity contribution >= 4 is 27.4 Å². The summed E-state index contributed by atoms with van der Waals surface area (Å²) in [6.07, 6.45) is 3.79. The molecule has 2 N–H and O–H groups in total. The van der Waals surface area contributed by atoms with Crippen molar-refractivity contribution < 1.29 is 13.2 Å². The average Bonchev–Trinajstić information content (AvgIpc) is 3.08. The first-order valence-corrected chi connectivity index (χ1v) is 8.89. The number of primary sulfonamides is 1. The minimum atomic E-state index is -4.00. The van der Waals surface area contributed by atoms with E-state index in [-0.39, 0.29) is 21.3 Å². The number of hydrogen-bond acceptors (Lipinski definition) is 3. The van der Waals surface area contributed by atoms with Crippen LogP contribution in [0.3, 0.4) is 0 Å². The summed E-state index contributed by atoms with van der Waals surface area (Å²) in [6, 6.07) is 14.8. The van der Waals surface area contributed by atoms with Crippen LogP contribution < -0.4 is 5.14 Å². The first-order chi connectivity index (χ1) is 11.4. The van der Waals surface area contributed by atoms with Gasteiger partial charge in [0.15, 0.2) is 5.78 Å². The third kappa shape index (κ3) is 3.26. The molecule has 0 spiro atoms. The third-order valence-electron chi connectivity index (χ3n) is 3.53. The number of nitrogens with zero attached hydrogens (tertiary/aromatic N) is 1. The van der Waals surface area contributed by atoms with Gasteiger partial charge >= 0.3 is 0 Å². The number of carbonyl (C=O) groups is 1. The van der Waals surface area contributed by atoms with Crippen LogP contribution in [-0.2, 0) is 10.0 Å². The van der Waals surface area contributed by atoms with Crippen LogP contribution in [0, 0.1) is 0 Å². The van der Waals surface area contributed by atoms with Gasteiger partial charge in [0, 0.05) is 29.2 Å². The Bertz CT molecular complexity index is 995. The summed E-state index contributed by atoms with van der Waals surface area (Å²) >= 11 is 5.84. The predicted molar refractivity (Wildman–Crippen MR) is 92.0 cm³/mol. The fraction of sp³-hybridized carbons (Fsp3) is 0. The zero-order valence-corrected chi connectivity index (χ0v) is 14.0. The van der Waals surface area contributed by atoms with Crippen LogP contribution in [-0.4, -0.2) is 18.8 Å². The van der Waals surface area contributed by atoms with Gasteiger partial charge < -0.3 is 4.57 Å². The van der Waals surface area contributed by atoms with Gasteiger partial charge in [0.2, 0.25) is 10.0 Å². The molecule has 0 unspecified atom stereocenters. The molecule has 0 saturated carbocycles. The molecule has 0 saturated heterocycles. The van der Waals surface area contributed by atoms with Gasteiger partial charge in [-0.15, -0.1) is 0 Å². The number of benzene rings is 2. The SMILES string of the molecule is NS(=O)(=O)c1cc(C(=O)c2ccc(-n3cccc3)cc2)ccc1Cl. The van der Waals surface area contributed by atoms with Crippen molar-refractivity contribution in [3.63, 3.8) is 0 Å². The number of ketones is 1. The Hall–Kier alpha value is -2.41. The van der Waals surface area contributed by atoms with Gasteiger partial charge in [-0.25, -0.2) is 13.6 Å². The number of hydrogen-bond donors (Lipinski definition) is 1. The second kappa shape index (κ2) is 6.24. The fourth-order valence-corrected chi connectivity index (χ4v) is 3.39. The van der Waals surface area contributed by atoms with Crippen LogP contribution in [0.1, 0.15) is 15.9 Å². The van der Waals surface area contributed by atoms with E-state index in [0.717, 1.165) is 5.69 Å². The molecule has 24 heavy (non-hydrogen) atoms. The topological polar surface area (TPSA) is 82.2 Å². The van der Waals surface area contributed by atoms with E-state index in [2.05, 4.69) is 0 Å². The van der Waals surface area contributed by atoms with E-state index in [1.807, 2.05) is 41.2 Å². The lowest BCUT2D eigenvalue weighted by molar-refractivity contribution is 0.103. The maximum absolute atomic E-state index is 12.5. The van der Waals surface area contributed by atoms with Crippen LogP contribution in [0.15, 0.2) is 71.9 Å². The highest BCUT2D eigenvalue weighted by Gasteiger charge is 2.17. The molecule has 122 valence electrons. The van der Waals surface area contributed by atoms with E-state index in [1.54, 1.807) is 12.1 Å². The molecule has 1 aromatic heterocycles. The molecule has 2 aromatic carbocycles. The standard InChI is InChI=1S/C17H13ClN2O3S/c18-15-8-5-13(11-16(15)24(19,22)23)17(21)12-3-6-14(7-4-12)20-9-1-2-10-20/h1-11H,(H2,19,22,23). The maximum atomic E-state index is 12.5. The van der Waals surface area contributed by atoms with E-state index in [9.17, 15) is 13.2 Å². The number of halogens is 1. The molecule has 0 aliphatic rings. The molecule has 0 fully saturated rings. The highest BCUT2D eigenvalue weighted by Crippen LogP contribution is 2.23. The summed E-state index contributed by atoms with van der Waals surface area (Å²) < 4.78 is 25.0. The van der Waals surface area contributed by atoms with Gasteiger partial charge in [-0.2, -0.15) is 0 Å². The number of aromatic nitrogens is 1. The van der Waals surface area contributed by atoms with E-state index in [1.165, 1.54) is 18.2 Å². The van der Waals surface area contributed by atoms with Gasteiger partial charge in [0.25, 0.3) is 0 Å². The Kier molecular flexibility index (Phi) is 4.28. The predicted octanol–water partition coefficient (Wildman–Crippen LogP) is 3.01. The quantitative estimate of drug-likeness (QED) is 0.726. The molecule has 0 atom stereocenters. The smallest absolute Gasteiger partial charge is 0.239 e. The van der Waals surface area contributed by atoms with E-state index in [4.69, 9.17) is 16.7 Å².